The van der Waals surface area contributed by atoms with Crippen LogP contribution in [0.5, 0.6) is 0 Å². The SMILES string of the molecule is CC1(C)OC(=O)C(Cc2ccc(C#Cc3ccccc3)cc2)C(=O)O1. The predicted molar refractivity (Wildman–Crippen MR) is 92.3 cm³/mol. The Balaban J connectivity index is 1.68. The monoisotopic (exact) mass is 334 g/mol. The first-order valence-electron chi connectivity index (χ1n) is 8.05. The lowest BCUT2D eigenvalue weighted by Crippen LogP contribution is -2.46. The quantitative estimate of drug-likeness (QED) is 0.481. The predicted octanol–water partition coefficient (Wildman–Crippen LogP) is 3.08. The molecule has 3 rings (SSSR count). The largest absolute Gasteiger partial charge is 0.422 e. The van der Waals surface area contributed by atoms with E-state index < -0.39 is 23.6 Å². The Labute approximate surface area is 146 Å². The van der Waals surface area contributed by atoms with Crippen molar-refractivity contribution in [1.29, 1.82) is 0 Å². The van der Waals surface area contributed by atoms with Crippen LogP contribution in [0, 0.1) is 17.8 Å². The molecule has 1 aliphatic heterocycles. The van der Waals surface area contributed by atoms with Gasteiger partial charge in [-0.2, -0.15) is 0 Å². The topological polar surface area (TPSA) is 52.6 Å². The minimum Gasteiger partial charge on any atom is -0.422 e. The summed E-state index contributed by atoms with van der Waals surface area (Å²) in [5.41, 5.74) is 2.66. The van der Waals surface area contributed by atoms with Crippen LogP contribution in [-0.4, -0.2) is 17.7 Å². The summed E-state index contributed by atoms with van der Waals surface area (Å²) in [5.74, 6) is 2.96. The number of rotatable bonds is 2. The molecule has 4 heteroatoms. The minimum atomic E-state index is -1.19. The van der Waals surface area contributed by atoms with E-state index in [1.54, 1.807) is 13.8 Å². The van der Waals surface area contributed by atoms with E-state index in [0.717, 1.165) is 16.7 Å². The van der Waals surface area contributed by atoms with Gasteiger partial charge in [-0.3, -0.25) is 9.59 Å². The van der Waals surface area contributed by atoms with Crippen LogP contribution in [0.15, 0.2) is 54.6 Å². The van der Waals surface area contributed by atoms with Gasteiger partial charge in [0.15, 0.2) is 5.92 Å². The number of cyclic esters (lactones) is 2. The Morgan fingerprint density at radius 3 is 1.92 bits per heavy atom. The molecule has 0 bridgehead atoms. The molecule has 4 nitrogen and oxygen atoms in total. The molecule has 0 N–H and O–H groups in total. The van der Waals surface area contributed by atoms with E-state index in [0.29, 0.717) is 0 Å². The first-order chi connectivity index (χ1) is 11.9. The first kappa shape index (κ1) is 16.8. The average molecular weight is 334 g/mol. The highest BCUT2D eigenvalue weighted by Gasteiger charge is 2.42. The van der Waals surface area contributed by atoms with Gasteiger partial charge in [0, 0.05) is 25.0 Å². The number of carbonyl (C=O) groups is 2. The van der Waals surface area contributed by atoms with Gasteiger partial charge in [-0.15, -0.1) is 0 Å². The van der Waals surface area contributed by atoms with E-state index in [-0.39, 0.29) is 6.42 Å². The van der Waals surface area contributed by atoms with E-state index in [2.05, 4.69) is 11.8 Å². The third-order valence-corrected chi connectivity index (χ3v) is 3.78. The smallest absolute Gasteiger partial charge is 0.323 e. The van der Waals surface area contributed by atoms with Crippen molar-refractivity contribution in [2.24, 2.45) is 5.92 Å². The lowest BCUT2D eigenvalue weighted by molar-refractivity contribution is -0.239. The van der Waals surface area contributed by atoms with Crippen molar-refractivity contribution in [3.8, 4) is 11.8 Å². The molecule has 0 spiro atoms. The highest BCUT2D eigenvalue weighted by molar-refractivity contribution is 5.96. The minimum absolute atomic E-state index is 0.250. The van der Waals surface area contributed by atoms with Crippen LogP contribution in [-0.2, 0) is 25.5 Å². The Hall–Kier alpha value is -3.06. The number of benzene rings is 2. The zero-order valence-corrected chi connectivity index (χ0v) is 14.1. The second-order valence-electron chi connectivity index (χ2n) is 6.31. The van der Waals surface area contributed by atoms with Crippen molar-refractivity contribution >= 4 is 11.9 Å². The molecular formula is C21H18O4. The highest BCUT2D eigenvalue weighted by Crippen LogP contribution is 2.25. The van der Waals surface area contributed by atoms with Crippen molar-refractivity contribution < 1.29 is 19.1 Å². The molecule has 2 aromatic carbocycles. The van der Waals surface area contributed by atoms with Crippen LogP contribution in [0.1, 0.15) is 30.5 Å². The molecule has 25 heavy (non-hydrogen) atoms. The molecule has 0 radical (unpaired) electrons. The molecule has 0 aromatic heterocycles. The Morgan fingerprint density at radius 2 is 1.36 bits per heavy atom. The van der Waals surface area contributed by atoms with Crippen LogP contribution in [0.25, 0.3) is 0 Å². The third kappa shape index (κ3) is 4.27. The molecule has 1 saturated heterocycles. The maximum Gasteiger partial charge on any atom is 0.323 e. The van der Waals surface area contributed by atoms with E-state index in [4.69, 9.17) is 9.47 Å². The van der Waals surface area contributed by atoms with Gasteiger partial charge in [-0.25, -0.2) is 0 Å². The van der Waals surface area contributed by atoms with E-state index in [9.17, 15) is 9.59 Å². The van der Waals surface area contributed by atoms with E-state index in [1.807, 2.05) is 54.6 Å². The van der Waals surface area contributed by atoms with Gasteiger partial charge in [0.05, 0.1) is 0 Å². The third-order valence-electron chi connectivity index (χ3n) is 3.78. The van der Waals surface area contributed by atoms with Crippen molar-refractivity contribution in [3.63, 3.8) is 0 Å². The molecule has 1 heterocycles. The van der Waals surface area contributed by atoms with Gasteiger partial charge >= 0.3 is 11.9 Å². The molecule has 1 aliphatic rings. The second-order valence-corrected chi connectivity index (χ2v) is 6.31. The molecule has 2 aromatic rings. The molecular weight excluding hydrogens is 316 g/mol. The second kappa shape index (κ2) is 6.82. The van der Waals surface area contributed by atoms with Gasteiger partial charge in [0.1, 0.15) is 0 Å². The number of hydrogen-bond acceptors (Lipinski definition) is 4. The van der Waals surface area contributed by atoms with Crippen LogP contribution in [0.2, 0.25) is 0 Å². The molecule has 0 atom stereocenters. The summed E-state index contributed by atoms with van der Waals surface area (Å²) < 4.78 is 10.3. The number of carbonyl (C=O) groups excluding carboxylic acids is 2. The lowest BCUT2D eigenvalue weighted by atomic mass is 9.97. The van der Waals surface area contributed by atoms with Gasteiger partial charge in [-0.05, 0) is 36.2 Å². The van der Waals surface area contributed by atoms with Crippen molar-refractivity contribution in [1.82, 2.24) is 0 Å². The van der Waals surface area contributed by atoms with Gasteiger partial charge in [0.25, 0.3) is 5.79 Å². The Bertz CT molecular complexity index is 819. The van der Waals surface area contributed by atoms with Crippen LogP contribution in [0.3, 0.4) is 0 Å². The summed E-state index contributed by atoms with van der Waals surface area (Å²) >= 11 is 0. The molecule has 0 amide bonds. The summed E-state index contributed by atoms with van der Waals surface area (Å²) in [7, 11) is 0. The number of hydrogen-bond donors (Lipinski definition) is 0. The summed E-state index contributed by atoms with van der Waals surface area (Å²) in [6.45, 7) is 3.08. The Kier molecular flexibility index (Phi) is 4.58. The normalized spacial score (nSPS) is 16.4. The van der Waals surface area contributed by atoms with E-state index >= 15 is 0 Å². The van der Waals surface area contributed by atoms with Crippen molar-refractivity contribution in [2.45, 2.75) is 26.1 Å². The van der Waals surface area contributed by atoms with Gasteiger partial charge in [-0.1, -0.05) is 42.2 Å². The maximum atomic E-state index is 12.0. The van der Waals surface area contributed by atoms with Gasteiger partial charge < -0.3 is 9.47 Å². The highest BCUT2D eigenvalue weighted by atomic mass is 16.7. The number of ether oxygens (including phenoxy) is 2. The molecule has 126 valence electrons. The summed E-state index contributed by atoms with van der Waals surface area (Å²) in [6, 6.07) is 17.2. The average Bonchev–Trinajstić information content (AvgIpc) is 2.57. The maximum absolute atomic E-state index is 12.0. The Morgan fingerprint density at radius 1 is 0.840 bits per heavy atom. The van der Waals surface area contributed by atoms with Gasteiger partial charge in [0.2, 0.25) is 0 Å². The number of esters is 2. The zero-order valence-electron chi connectivity index (χ0n) is 14.1. The standard InChI is InChI=1S/C21H18O4/c1-21(2)24-19(22)18(20(23)25-21)14-17-12-10-16(11-13-17)9-8-15-6-4-3-5-7-15/h3-7,10-13,18H,14H2,1-2H3. The lowest BCUT2D eigenvalue weighted by Gasteiger charge is -2.32. The molecule has 0 unspecified atom stereocenters. The summed E-state index contributed by atoms with van der Waals surface area (Å²) in [5, 5.41) is 0. The van der Waals surface area contributed by atoms with E-state index in [1.165, 1.54) is 0 Å². The van der Waals surface area contributed by atoms with Crippen LogP contribution in [0.4, 0.5) is 0 Å². The zero-order chi connectivity index (χ0) is 17.9. The molecule has 1 fully saturated rings. The fourth-order valence-electron chi connectivity index (χ4n) is 2.54. The van der Waals surface area contributed by atoms with Crippen molar-refractivity contribution in [2.75, 3.05) is 0 Å². The summed E-state index contributed by atoms with van der Waals surface area (Å²) in [6.07, 6.45) is 0.250. The fraction of sp³-hybridized carbons (Fsp3) is 0.238. The fourth-order valence-corrected chi connectivity index (χ4v) is 2.54. The van der Waals surface area contributed by atoms with Crippen LogP contribution >= 0.6 is 0 Å². The first-order valence-corrected chi connectivity index (χ1v) is 8.05. The molecule has 0 saturated carbocycles. The summed E-state index contributed by atoms with van der Waals surface area (Å²) in [4.78, 5) is 24.0. The molecule has 0 aliphatic carbocycles. The van der Waals surface area contributed by atoms with Crippen LogP contribution < -0.4 is 0 Å². The van der Waals surface area contributed by atoms with Crippen molar-refractivity contribution in [3.05, 3.63) is 71.3 Å².